The average molecular weight is 323 g/mol. The van der Waals surface area contributed by atoms with E-state index < -0.39 is 0 Å². The molecule has 0 atom stereocenters. The third-order valence-corrected chi connectivity index (χ3v) is 3.22. The van der Waals surface area contributed by atoms with Crippen molar-refractivity contribution in [2.24, 2.45) is 0 Å². The fraction of sp³-hybridized carbons (Fsp3) is 0.333. The van der Waals surface area contributed by atoms with E-state index in [0.717, 1.165) is 24.5 Å². The largest absolute Gasteiger partial charge is 0.495 e. The average Bonchev–Trinajstić information content (AvgIpc) is 2.52. The van der Waals surface area contributed by atoms with E-state index in [4.69, 9.17) is 21.1 Å². The number of aromatic nitrogens is 2. The summed E-state index contributed by atoms with van der Waals surface area (Å²) >= 11 is 6.10. The number of nitrogens with zero attached hydrogens (tertiary/aromatic N) is 2. The van der Waals surface area contributed by atoms with E-state index in [1.807, 2.05) is 12.1 Å². The van der Waals surface area contributed by atoms with Crippen LogP contribution in [0.3, 0.4) is 0 Å². The highest BCUT2D eigenvalue weighted by Gasteiger charge is 2.04. The monoisotopic (exact) mass is 322 g/mol. The van der Waals surface area contributed by atoms with Gasteiger partial charge in [-0.05, 0) is 24.6 Å². The Labute approximate surface area is 134 Å². The molecule has 7 heteroatoms. The van der Waals surface area contributed by atoms with Gasteiger partial charge in [0, 0.05) is 32.0 Å². The lowest BCUT2D eigenvalue weighted by Gasteiger charge is -2.10. The summed E-state index contributed by atoms with van der Waals surface area (Å²) in [5, 5.41) is 6.94. The zero-order valence-corrected chi connectivity index (χ0v) is 13.4. The third kappa shape index (κ3) is 4.75. The van der Waals surface area contributed by atoms with E-state index in [1.165, 1.54) is 6.33 Å². The molecule has 0 aliphatic rings. The van der Waals surface area contributed by atoms with Crippen LogP contribution in [0.4, 0.5) is 17.3 Å². The molecule has 0 radical (unpaired) electrons. The Hall–Kier alpha value is -2.05. The molecule has 6 nitrogen and oxygen atoms in total. The highest BCUT2D eigenvalue weighted by Crippen LogP contribution is 2.28. The van der Waals surface area contributed by atoms with Gasteiger partial charge >= 0.3 is 0 Å². The number of rotatable bonds is 8. The number of anilines is 3. The molecule has 1 heterocycles. The molecule has 1 aromatic carbocycles. The first-order valence-electron chi connectivity index (χ1n) is 6.88. The van der Waals surface area contributed by atoms with Gasteiger partial charge in [0.05, 0.1) is 12.1 Å². The fourth-order valence-electron chi connectivity index (χ4n) is 1.85. The van der Waals surface area contributed by atoms with Gasteiger partial charge in [-0.15, -0.1) is 0 Å². The zero-order chi connectivity index (χ0) is 15.8. The van der Waals surface area contributed by atoms with Crippen LogP contribution in [-0.4, -0.2) is 37.3 Å². The Bertz CT molecular complexity index is 610. The molecule has 0 saturated carbocycles. The van der Waals surface area contributed by atoms with Crippen molar-refractivity contribution in [1.82, 2.24) is 9.97 Å². The topological polar surface area (TPSA) is 68.3 Å². The van der Waals surface area contributed by atoms with Crippen LogP contribution in [0.25, 0.3) is 0 Å². The molecule has 0 spiro atoms. The first-order chi connectivity index (χ1) is 10.7. The summed E-state index contributed by atoms with van der Waals surface area (Å²) in [5.41, 5.74) is 0.829. The second kappa shape index (κ2) is 8.41. The Morgan fingerprint density at radius 1 is 1.14 bits per heavy atom. The number of ether oxygens (including phenoxy) is 2. The van der Waals surface area contributed by atoms with E-state index in [2.05, 4.69) is 20.6 Å². The van der Waals surface area contributed by atoms with Gasteiger partial charge in [0.2, 0.25) is 0 Å². The van der Waals surface area contributed by atoms with Crippen molar-refractivity contribution < 1.29 is 9.47 Å². The first-order valence-corrected chi connectivity index (χ1v) is 7.26. The molecule has 0 bridgehead atoms. The molecule has 2 aromatic rings. The van der Waals surface area contributed by atoms with Crippen molar-refractivity contribution in [3.05, 3.63) is 35.6 Å². The van der Waals surface area contributed by atoms with Crippen LogP contribution in [0.2, 0.25) is 5.02 Å². The summed E-state index contributed by atoms with van der Waals surface area (Å²) in [4.78, 5) is 8.36. The molecule has 0 amide bonds. The van der Waals surface area contributed by atoms with Crippen molar-refractivity contribution in [3.63, 3.8) is 0 Å². The van der Waals surface area contributed by atoms with E-state index in [0.29, 0.717) is 23.2 Å². The molecule has 0 unspecified atom stereocenters. The number of hydrogen-bond acceptors (Lipinski definition) is 6. The lowest BCUT2D eigenvalue weighted by atomic mass is 10.3. The minimum Gasteiger partial charge on any atom is -0.495 e. The molecule has 1 aromatic heterocycles. The molecular formula is C15H19ClN4O2. The van der Waals surface area contributed by atoms with Crippen LogP contribution in [-0.2, 0) is 4.74 Å². The van der Waals surface area contributed by atoms with Gasteiger partial charge in [-0.25, -0.2) is 9.97 Å². The van der Waals surface area contributed by atoms with Gasteiger partial charge in [0.1, 0.15) is 23.7 Å². The third-order valence-electron chi connectivity index (χ3n) is 2.92. The Morgan fingerprint density at radius 2 is 1.95 bits per heavy atom. The van der Waals surface area contributed by atoms with Gasteiger partial charge in [-0.3, -0.25) is 0 Å². The quantitative estimate of drug-likeness (QED) is 0.727. The predicted molar refractivity (Wildman–Crippen MR) is 88.3 cm³/mol. The van der Waals surface area contributed by atoms with Crippen LogP contribution in [0.1, 0.15) is 6.42 Å². The van der Waals surface area contributed by atoms with Crippen LogP contribution >= 0.6 is 11.6 Å². The number of hydrogen-bond donors (Lipinski definition) is 2. The number of methoxy groups -OCH3 is 2. The standard InChI is InChI=1S/C15H19ClN4O2/c1-21-7-3-6-17-14-9-15(19-10-18-14)20-11-4-5-13(22-2)12(16)8-11/h4-5,8-10H,3,6-7H2,1-2H3,(H2,17,18,19,20). The predicted octanol–water partition coefficient (Wildman–Crippen LogP) is 3.33. The molecule has 0 fully saturated rings. The molecule has 0 saturated heterocycles. The fourth-order valence-corrected chi connectivity index (χ4v) is 2.11. The summed E-state index contributed by atoms with van der Waals surface area (Å²) in [6, 6.07) is 7.30. The van der Waals surface area contributed by atoms with Crippen LogP contribution < -0.4 is 15.4 Å². The zero-order valence-electron chi connectivity index (χ0n) is 12.6. The minimum atomic E-state index is 0.541. The lowest BCUT2D eigenvalue weighted by Crippen LogP contribution is -2.06. The Kier molecular flexibility index (Phi) is 6.24. The van der Waals surface area contributed by atoms with Gasteiger partial charge in [0.15, 0.2) is 0 Å². The first kappa shape index (κ1) is 16.3. The summed E-state index contributed by atoms with van der Waals surface area (Å²) in [6.45, 7) is 1.51. The summed E-state index contributed by atoms with van der Waals surface area (Å²) in [5.74, 6) is 2.08. The number of halogens is 1. The van der Waals surface area contributed by atoms with Crippen molar-refractivity contribution in [3.8, 4) is 5.75 Å². The van der Waals surface area contributed by atoms with Gasteiger partial charge in [-0.2, -0.15) is 0 Å². The molecule has 2 rings (SSSR count). The van der Waals surface area contributed by atoms with Crippen molar-refractivity contribution >= 4 is 28.9 Å². The SMILES string of the molecule is COCCCNc1cc(Nc2ccc(OC)c(Cl)c2)ncn1. The second-order valence-electron chi connectivity index (χ2n) is 4.54. The summed E-state index contributed by atoms with van der Waals surface area (Å²) in [6.07, 6.45) is 2.42. The van der Waals surface area contributed by atoms with Gasteiger partial charge in [0.25, 0.3) is 0 Å². The van der Waals surface area contributed by atoms with Crippen LogP contribution in [0.15, 0.2) is 30.6 Å². The highest BCUT2D eigenvalue weighted by molar-refractivity contribution is 6.32. The minimum absolute atomic E-state index is 0.541. The maximum atomic E-state index is 6.10. The van der Waals surface area contributed by atoms with Crippen LogP contribution in [0.5, 0.6) is 5.75 Å². The lowest BCUT2D eigenvalue weighted by molar-refractivity contribution is 0.198. The molecular weight excluding hydrogens is 304 g/mol. The van der Waals surface area contributed by atoms with E-state index >= 15 is 0 Å². The van der Waals surface area contributed by atoms with Crippen molar-refractivity contribution in [2.75, 3.05) is 38.0 Å². The maximum absolute atomic E-state index is 6.10. The van der Waals surface area contributed by atoms with Crippen molar-refractivity contribution in [1.29, 1.82) is 0 Å². The molecule has 118 valence electrons. The number of nitrogens with one attached hydrogen (secondary N) is 2. The van der Waals surface area contributed by atoms with Crippen molar-refractivity contribution in [2.45, 2.75) is 6.42 Å². The summed E-state index contributed by atoms with van der Waals surface area (Å²) in [7, 11) is 3.27. The van der Waals surface area contributed by atoms with Gasteiger partial charge in [-0.1, -0.05) is 11.6 Å². The Morgan fingerprint density at radius 3 is 2.68 bits per heavy atom. The maximum Gasteiger partial charge on any atom is 0.137 e. The second-order valence-corrected chi connectivity index (χ2v) is 4.94. The molecule has 0 aliphatic carbocycles. The smallest absolute Gasteiger partial charge is 0.137 e. The number of benzene rings is 1. The van der Waals surface area contributed by atoms with E-state index in [1.54, 1.807) is 26.4 Å². The molecule has 0 aliphatic heterocycles. The van der Waals surface area contributed by atoms with E-state index in [9.17, 15) is 0 Å². The Balaban J connectivity index is 1.99. The van der Waals surface area contributed by atoms with Crippen LogP contribution in [0, 0.1) is 0 Å². The normalized spacial score (nSPS) is 10.3. The molecule has 2 N–H and O–H groups in total. The van der Waals surface area contributed by atoms with E-state index in [-0.39, 0.29) is 0 Å². The highest BCUT2D eigenvalue weighted by atomic mass is 35.5. The summed E-state index contributed by atoms with van der Waals surface area (Å²) < 4.78 is 10.1. The molecule has 22 heavy (non-hydrogen) atoms. The van der Waals surface area contributed by atoms with Gasteiger partial charge < -0.3 is 20.1 Å².